The second-order valence-electron chi connectivity index (χ2n) is 9.51. The first-order valence-corrected chi connectivity index (χ1v) is 13.7. The molecule has 3 heterocycles. The van der Waals surface area contributed by atoms with Gasteiger partial charge in [0.2, 0.25) is 10.0 Å². The second kappa shape index (κ2) is 9.06. The van der Waals surface area contributed by atoms with E-state index in [0.29, 0.717) is 38.3 Å². The van der Waals surface area contributed by atoms with Gasteiger partial charge in [-0.05, 0) is 49.8 Å². The van der Waals surface area contributed by atoms with Crippen LogP contribution in [0.4, 0.5) is 0 Å². The third-order valence-corrected chi connectivity index (χ3v) is 9.31. The Balaban J connectivity index is 1.17. The summed E-state index contributed by atoms with van der Waals surface area (Å²) in [5.41, 5.74) is 1.37. The number of sulfonamides is 1. The molecular weight excluding hydrogens is 436 g/mol. The number of aromatic nitrogens is 1. The Morgan fingerprint density at radius 1 is 1.12 bits per heavy atom. The molecule has 2 fully saturated rings. The van der Waals surface area contributed by atoms with Crippen LogP contribution in [0.2, 0.25) is 0 Å². The maximum atomic E-state index is 12.9. The molecule has 0 radical (unpaired) electrons. The van der Waals surface area contributed by atoms with E-state index >= 15 is 0 Å². The fraction of sp³-hybridized carbons (Fsp3) is 0.520. The van der Waals surface area contributed by atoms with Crippen LogP contribution >= 0.6 is 0 Å². The number of piperidine rings is 1. The summed E-state index contributed by atoms with van der Waals surface area (Å²) in [5.74, 6) is 1.23. The predicted molar refractivity (Wildman–Crippen MR) is 131 cm³/mol. The maximum Gasteiger partial charge on any atom is 0.253 e. The van der Waals surface area contributed by atoms with Crippen LogP contribution in [0.1, 0.15) is 56.9 Å². The monoisotopic (exact) mass is 468 g/mol. The van der Waals surface area contributed by atoms with E-state index in [-0.39, 0.29) is 11.7 Å². The summed E-state index contributed by atoms with van der Waals surface area (Å²) >= 11 is 0. The molecule has 2 aliphatic heterocycles. The summed E-state index contributed by atoms with van der Waals surface area (Å²) in [5, 5.41) is 4.16. The van der Waals surface area contributed by atoms with E-state index in [0.717, 1.165) is 35.1 Å². The van der Waals surface area contributed by atoms with E-state index in [1.807, 2.05) is 42.6 Å². The Morgan fingerprint density at radius 2 is 1.91 bits per heavy atom. The molecule has 5 rings (SSSR count). The minimum atomic E-state index is -3.37. The highest BCUT2D eigenvalue weighted by Crippen LogP contribution is 2.34. The molecule has 8 heteroatoms. The van der Waals surface area contributed by atoms with E-state index in [9.17, 15) is 13.2 Å². The normalized spacial score (nSPS) is 22.3. The van der Waals surface area contributed by atoms with Crippen molar-refractivity contribution in [2.24, 2.45) is 10.9 Å². The summed E-state index contributed by atoms with van der Waals surface area (Å²) in [7, 11) is -3.37. The Hall–Kier alpha value is -2.45. The van der Waals surface area contributed by atoms with Crippen molar-refractivity contribution < 1.29 is 13.2 Å². The quantitative estimate of drug-likeness (QED) is 0.674. The van der Waals surface area contributed by atoms with Gasteiger partial charge in [-0.2, -0.15) is 0 Å². The summed E-state index contributed by atoms with van der Waals surface area (Å²) < 4.78 is 27.4. The lowest BCUT2D eigenvalue weighted by Gasteiger charge is -2.34. The molecule has 0 unspecified atom stereocenters. The lowest BCUT2D eigenvalue weighted by atomic mass is 9.88. The Morgan fingerprint density at radius 3 is 2.70 bits per heavy atom. The van der Waals surface area contributed by atoms with Gasteiger partial charge in [0.15, 0.2) is 0 Å². The van der Waals surface area contributed by atoms with E-state index in [1.165, 1.54) is 19.3 Å². The van der Waals surface area contributed by atoms with E-state index in [1.54, 1.807) is 4.31 Å². The molecule has 3 aliphatic rings. The molecule has 1 aromatic heterocycles. The largest absolute Gasteiger partial charge is 0.361 e. The molecule has 0 bridgehead atoms. The molecule has 1 amide bonds. The minimum absolute atomic E-state index is 0.0398. The molecule has 176 valence electrons. The number of aromatic amines is 1. The molecule has 2 N–H and O–H groups in total. The lowest BCUT2D eigenvalue weighted by molar-refractivity contribution is -0.125. The molecule has 33 heavy (non-hydrogen) atoms. The van der Waals surface area contributed by atoms with Crippen molar-refractivity contribution in [1.82, 2.24) is 14.6 Å². The average molecular weight is 469 g/mol. The fourth-order valence-corrected chi connectivity index (χ4v) is 6.83. The molecule has 1 aromatic carbocycles. The van der Waals surface area contributed by atoms with Crippen molar-refractivity contribution in [2.45, 2.75) is 56.9 Å². The number of hydrogen-bond donors (Lipinski definition) is 2. The number of carbonyl (C=O) groups is 1. The number of nitrogens with one attached hydrogen (secondary N) is 2. The van der Waals surface area contributed by atoms with Gasteiger partial charge in [-0.25, -0.2) is 12.7 Å². The average Bonchev–Trinajstić information content (AvgIpc) is 3.43. The number of rotatable bonds is 6. The smallest absolute Gasteiger partial charge is 0.253 e. The SMILES string of the molecule is O=C1NC(C2CCCCC2)=NC12CCN(S(=O)(=O)CC/C=C/c1cccc3[nH]ccc13)CC2. The number of hydrogen-bond acceptors (Lipinski definition) is 4. The van der Waals surface area contributed by atoms with Gasteiger partial charge in [-0.3, -0.25) is 9.79 Å². The van der Waals surface area contributed by atoms with Gasteiger partial charge >= 0.3 is 0 Å². The molecule has 0 atom stereocenters. The van der Waals surface area contributed by atoms with Gasteiger partial charge in [0.05, 0.1) is 5.75 Å². The van der Waals surface area contributed by atoms with Gasteiger partial charge in [-0.15, -0.1) is 0 Å². The number of nitrogens with zero attached hydrogens (tertiary/aromatic N) is 2. The van der Waals surface area contributed by atoms with Crippen LogP contribution in [0.25, 0.3) is 17.0 Å². The second-order valence-corrected chi connectivity index (χ2v) is 11.6. The van der Waals surface area contributed by atoms with Crippen molar-refractivity contribution in [2.75, 3.05) is 18.8 Å². The van der Waals surface area contributed by atoms with E-state index < -0.39 is 15.6 Å². The first-order chi connectivity index (χ1) is 16.0. The lowest BCUT2D eigenvalue weighted by Crippen LogP contribution is -2.50. The molecule has 1 saturated carbocycles. The van der Waals surface area contributed by atoms with Crippen LogP contribution in [0, 0.1) is 5.92 Å². The van der Waals surface area contributed by atoms with Crippen molar-refractivity contribution in [3.05, 3.63) is 42.1 Å². The van der Waals surface area contributed by atoms with Gasteiger partial charge in [0.1, 0.15) is 11.4 Å². The van der Waals surface area contributed by atoms with E-state index in [2.05, 4.69) is 10.3 Å². The molecule has 1 spiro atoms. The van der Waals surface area contributed by atoms with Gasteiger partial charge < -0.3 is 10.3 Å². The van der Waals surface area contributed by atoms with Crippen LogP contribution < -0.4 is 5.32 Å². The standard InChI is InChI=1S/C25H32N4O3S/c30-24-25(28-23(27-24)20-8-2-1-3-9-20)13-16-29(17-14-25)33(31,32)18-5-4-7-19-10-6-11-22-21(19)12-15-26-22/h4,6-7,10-12,15,20,26H,1-3,5,8-9,13-14,16-18H2,(H,27,28,30)/b7-4+. The maximum absolute atomic E-state index is 12.9. The topological polar surface area (TPSA) is 94.6 Å². The molecule has 1 aliphatic carbocycles. The van der Waals surface area contributed by atoms with Crippen molar-refractivity contribution in [1.29, 1.82) is 0 Å². The van der Waals surface area contributed by atoms with Crippen molar-refractivity contribution >= 4 is 38.7 Å². The number of amides is 1. The number of aliphatic imine (C=N–C) groups is 1. The predicted octanol–water partition coefficient (Wildman–Crippen LogP) is 3.84. The highest BCUT2D eigenvalue weighted by atomic mass is 32.2. The number of fused-ring (bicyclic) bond motifs is 1. The fourth-order valence-electron chi connectivity index (χ4n) is 5.40. The van der Waals surface area contributed by atoms with Crippen LogP contribution in [-0.2, 0) is 14.8 Å². The highest BCUT2D eigenvalue weighted by Gasteiger charge is 2.48. The summed E-state index contributed by atoms with van der Waals surface area (Å²) in [6.07, 6.45) is 13.0. The van der Waals surface area contributed by atoms with Crippen LogP contribution in [0.3, 0.4) is 0 Å². The molecular formula is C25H32N4O3S. The zero-order valence-electron chi connectivity index (χ0n) is 18.9. The third kappa shape index (κ3) is 4.51. The number of amidine groups is 1. The number of allylic oxidation sites excluding steroid dienone is 1. The Kier molecular flexibility index (Phi) is 6.14. The zero-order valence-corrected chi connectivity index (χ0v) is 19.7. The van der Waals surface area contributed by atoms with Crippen molar-refractivity contribution in [3.8, 4) is 0 Å². The number of carbonyl (C=O) groups excluding carboxylic acids is 1. The number of H-pyrrole nitrogens is 1. The molecule has 2 aromatic rings. The summed E-state index contributed by atoms with van der Waals surface area (Å²) in [4.78, 5) is 20.8. The van der Waals surface area contributed by atoms with Gasteiger partial charge in [0.25, 0.3) is 5.91 Å². The summed E-state index contributed by atoms with van der Waals surface area (Å²) in [6.45, 7) is 0.702. The molecule has 7 nitrogen and oxygen atoms in total. The Bertz CT molecular complexity index is 1180. The van der Waals surface area contributed by atoms with Crippen LogP contribution in [0.15, 0.2) is 41.5 Å². The van der Waals surface area contributed by atoms with Crippen LogP contribution in [-0.4, -0.2) is 53.8 Å². The minimum Gasteiger partial charge on any atom is -0.361 e. The van der Waals surface area contributed by atoms with Crippen molar-refractivity contribution in [3.63, 3.8) is 0 Å². The first-order valence-electron chi connectivity index (χ1n) is 12.1. The molecule has 1 saturated heterocycles. The van der Waals surface area contributed by atoms with Crippen LogP contribution in [0.5, 0.6) is 0 Å². The Labute approximate surface area is 195 Å². The number of benzene rings is 1. The first kappa shape index (κ1) is 22.3. The third-order valence-electron chi connectivity index (χ3n) is 7.40. The van der Waals surface area contributed by atoms with Gasteiger partial charge in [0, 0.05) is 36.1 Å². The zero-order chi connectivity index (χ0) is 22.9. The van der Waals surface area contributed by atoms with Gasteiger partial charge in [-0.1, -0.05) is 43.5 Å². The van der Waals surface area contributed by atoms with E-state index in [4.69, 9.17) is 4.99 Å². The summed E-state index contributed by atoms with van der Waals surface area (Å²) in [6, 6.07) is 8.06. The highest BCUT2D eigenvalue weighted by molar-refractivity contribution is 7.89.